The zero-order chi connectivity index (χ0) is 38.8. The lowest BCUT2D eigenvalue weighted by molar-refractivity contribution is -0.133. The molecule has 5 aliphatic rings. The number of aliphatic hydroxyl groups is 1. The van der Waals surface area contributed by atoms with Gasteiger partial charge in [-0.25, -0.2) is 23.7 Å². The third-order valence-corrected chi connectivity index (χ3v) is 12.9. The van der Waals surface area contributed by atoms with E-state index in [1.165, 1.54) is 6.07 Å². The van der Waals surface area contributed by atoms with Gasteiger partial charge < -0.3 is 26.0 Å². The van der Waals surface area contributed by atoms with Gasteiger partial charge in [-0.05, 0) is 139 Å². The molecule has 1 unspecified atom stereocenters. The number of hydrogen-bond donors (Lipinski definition) is 5. The highest BCUT2D eigenvalue weighted by atomic mass is 19.1. The fourth-order valence-corrected chi connectivity index (χ4v) is 9.35. The van der Waals surface area contributed by atoms with E-state index >= 15 is 4.39 Å². The van der Waals surface area contributed by atoms with Crippen molar-refractivity contribution in [3.8, 4) is 11.4 Å². The Bertz CT molecular complexity index is 1920. The molecule has 14 heteroatoms. The summed E-state index contributed by atoms with van der Waals surface area (Å²) in [7, 11) is 0. The number of hydrogen-bond acceptors (Lipinski definition) is 10. The summed E-state index contributed by atoms with van der Waals surface area (Å²) in [6.45, 7) is 1.83. The SMILES string of the molecule is O=C1CCC(Nc2ccc(C3CCN(C4CCC(NC(=O)C5CCC(Nc6ncc(F)c(-c7cccc(C8(O)CCC8)n7)n6)CC5)CC4)CC3)c(F)c2)C(=O)N1. The van der Waals surface area contributed by atoms with Gasteiger partial charge in [0.15, 0.2) is 5.82 Å². The zero-order valence-electron chi connectivity index (χ0n) is 31.7. The van der Waals surface area contributed by atoms with Crippen molar-refractivity contribution in [3.63, 3.8) is 0 Å². The van der Waals surface area contributed by atoms with Crippen molar-refractivity contribution in [3.05, 3.63) is 65.5 Å². The molecule has 1 aromatic carbocycles. The van der Waals surface area contributed by atoms with Crippen LogP contribution >= 0.6 is 0 Å². The molecule has 0 spiro atoms. The van der Waals surface area contributed by atoms with Gasteiger partial charge in [0.25, 0.3) is 0 Å². The zero-order valence-corrected chi connectivity index (χ0v) is 31.7. The van der Waals surface area contributed by atoms with E-state index in [9.17, 15) is 23.9 Å². The molecule has 12 nitrogen and oxygen atoms in total. The van der Waals surface area contributed by atoms with Gasteiger partial charge in [0, 0.05) is 36.2 Å². The van der Waals surface area contributed by atoms with Crippen LogP contribution in [-0.4, -0.2) is 79.9 Å². The molecule has 0 radical (unpaired) electrons. The van der Waals surface area contributed by atoms with Crippen LogP contribution in [0.4, 0.5) is 20.4 Å². The lowest BCUT2D eigenvalue weighted by atomic mass is 9.77. The number of nitrogens with zero attached hydrogens (tertiary/aromatic N) is 4. The Hall–Kier alpha value is -4.56. The highest BCUT2D eigenvalue weighted by Crippen LogP contribution is 2.41. The first-order valence-electron chi connectivity index (χ1n) is 20.5. The Morgan fingerprint density at radius 1 is 0.857 bits per heavy atom. The summed E-state index contributed by atoms with van der Waals surface area (Å²) in [5.41, 5.74) is 1.31. The Morgan fingerprint density at radius 3 is 2.30 bits per heavy atom. The molecule has 8 rings (SSSR count). The number of rotatable bonds is 10. The van der Waals surface area contributed by atoms with E-state index < -0.39 is 17.5 Å². The first-order chi connectivity index (χ1) is 27.1. The molecule has 5 N–H and O–H groups in total. The van der Waals surface area contributed by atoms with Crippen molar-refractivity contribution in [1.82, 2.24) is 30.5 Å². The lowest BCUT2D eigenvalue weighted by Gasteiger charge is -2.41. The molecular weight excluding hydrogens is 719 g/mol. The van der Waals surface area contributed by atoms with Crippen LogP contribution in [0, 0.1) is 17.6 Å². The predicted octanol–water partition coefficient (Wildman–Crippen LogP) is 5.68. The van der Waals surface area contributed by atoms with Gasteiger partial charge in [0.2, 0.25) is 23.7 Å². The predicted molar refractivity (Wildman–Crippen MR) is 206 cm³/mol. The number of likely N-dealkylation sites (tertiary alicyclic amines) is 1. The maximum atomic E-state index is 15.2. The van der Waals surface area contributed by atoms with Gasteiger partial charge >= 0.3 is 0 Å². The number of carbonyl (C=O) groups is 3. The van der Waals surface area contributed by atoms with Gasteiger partial charge in [-0.2, -0.15) is 0 Å². The number of benzene rings is 1. The van der Waals surface area contributed by atoms with Crippen LogP contribution in [0.15, 0.2) is 42.6 Å². The molecule has 2 saturated heterocycles. The molecule has 3 aromatic rings. The van der Waals surface area contributed by atoms with Crippen LogP contribution in [0.2, 0.25) is 0 Å². The Morgan fingerprint density at radius 2 is 1.61 bits per heavy atom. The summed E-state index contributed by atoms with van der Waals surface area (Å²) < 4.78 is 30.1. The highest BCUT2D eigenvalue weighted by Gasteiger charge is 2.38. The monoisotopic (exact) mass is 770 g/mol. The molecule has 56 heavy (non-hydrogen) atoms. The number of anilines is 2. The van der Waals surface area contributed by atoms with Crippen molar-refractivity contribution < 1.29 is 28.3 Å². The normalized spacial score (nSPS) is 27.2. The van der Waals surface area contributed by atoms with Crippen LogP contribution < -0.4 is 21.3 Å². The van der Waals surface area contributed by atoms with Gasteiger partial charge in [-0.15, -0.1) is 0 Å². The van der Waals surface area contributed by atoms with E-state index in [0.29, 0.717) is 53.9 Å². The average molecular weight is 771 g/mol. The molecule has 3 aliphatic carbocycles. The maximum absolute atomic E-state index is 15.2. The summed E-state index contributed by atoms with van der Waals surface area (Å²) in [6, 6.07) is 10.5. The molecule has 5 fully saturated rings. The van der Waals surface area contributed by atoms with Crippen molar-refractivity contribution >= 4 is 29.4 Å². The minimum Gasteiger partial charge on any atom is -0.384 e. The molecule has 298 valence electrons. The van der Waals surface area contributed by atoms with E-state index in [4.69, 9.17) is 0 Å². The summed E-state index contributed by atoms with van der Waals surface area (Å²) in [5, 5.41) is 22.8. The summed E-state index contributed by atoms with van der Waals surface area (Å²) in [6.07, 6.45) is 12.8. The van der Waals surface area contributed by atoms with E-state index in [1.54, 1.807) is 18.2 Å². The quantitative estimate of drug-likeness (QED) is 0.162. The standard InChI is InChI=1S/C42H52F2N8O4/c43-32-23-29(46-35-15-16-37(53)50-40(35)55)11-14-31(32)25-17-21-52(22-18-25)30-12-9-27(10-13-30)47-39(54)26-5-7-28(8-6-26)48-41-45-24-33(44)38(51-41)34-3-1-4-36(49-34)42(56)19-2-20-42/h1,3-4,11,14,23-28,30,35,46,56H,2,5-10,12-13,15-22H2,(H,47,54)(H,45,48,51)(H,50,53,55). The number of halogens is 2. The molecule has 3 saturated carbocycles. The smallest absolute Gasteiger partial charge is 0.249 e. The Balaban J connectivity index is 0.752. The first kappa shape index (κ1) is 38.3. The average Bonchev–Trinajstić information content (AvgIpc) is 3.19. The van der Waals surface area contributed by atoms with Gasteiger partial charge in [0.1, 0.15) is 23.2 Å². The van der Waals surface area contributed by atoms with Crippen molar-refractivity contribution in [2.75, 3.05) is 23.7 Å². The van der Waals surface area contributed by atoms with Crippen LogP contribution in [0.1, 0.15) is 113 Å². The second-order valence-corrected chi connectivity index (χ2v) is 16.6. The Kier molecular flexibility index (Phi) is 11.3. The minimum atomic E-state index is -0.952. The van der Waals surface area contributed by atoms with Crippen LogP contribution in [-0.2, 0) is 20.0 Å². The second-order valence-electron chi connectivity index (χ2n) is 16.6. The molecule has 2 aromatic heterocycles. The number of nitrogens with one attached hydrogen (secondary N) is 4. The summed E-state index contributed by atoms with van der Waals surface area (Å²) in [5.74, 6) is -0.928. The lowest BCUT2D eigenvalue weighted by Crippen LogP contribution is -2.47. The number of piperidine rings is 2. The topological polar surface area (TPSA) is 161 Å². The number of carbonyl (C=O) groups excluding carboxylic acids is 3. The van der Waals surface area contributed by atoms with E-state index in [0.717, 1.165) is 89.9 Å². The number of imide groups is 1. The molecular formula is C42H52F2N8O4. The number of pyridine rings is 1. The summed E-state index contributed by atoms with van der Waals surface area (Å²) in [4.78, 5) is 52.6. The molecule has 3 amide bonds. The van der Waals surface area contributed by atoms with Crippen LogP contribution in [0.3, 0.4) is 0 Å². The molecule has 1 atom stereocenters. The van der Waals surface area contributed by atoms with Gasteiger partial charge in [-0.3, -0.25) is 19.7 Å². The van der Waals surface area contributed by atoms with Crippen molar-refractivity contribution in [2.24, 2.45) is 5.92 Å². The fraction of sp³-hybridized carbons (Fsp3) is 0.571. The van der Waals surface area contributed by atoms with E-state index in [-0.39, 0.29) is 59.6 Å². The maximum Gasteiger partial charge on any atom is 0.249 e. The number of aromatic nitrogens is 3. The van der Waals surface area contributed by atoms with E-state index in [2.05, 4.69) is 41.1 Å². The molecule has 0 bridgehead atoms. The highest BCUT2D eigenvalue weighted by molar-refractivity contribution is 6.01. The van der Waals surface area contributed by atoms with Crippen molar-refractivity contribution in [1.29, 1.82) is 0 Å². The third kappa shape index (κ3) is 8.56. The summed E-state index contributed by atoms with van der Waals surface area (Å²) >= 11 is 0. The molecule has 2 aliphatic heterocycles. The largest absolute Gasteiger partial charge is 0.384 e. The first-order valence-corrected chi connectivity index (χ1v) is 20.5. The van der Waals surface area contributed by atoms with Crippen molar-refractivity contribution in [2.45, 2.75) is 132 Å². The van der Waals surface area contributed by atoms with Gasteiger partial charge in [-0.1, -0.05) is 12.1 Å². The Labute approximate surface area is 326 Å². The number of amides is 3. The second kappa shape index (κ2) is 16.5. The van der Waals surface area contributed by atoms with Crippen LogP contribution in [0.25, 0.3) is 11.4 Å². The van der Waals surface area contributed by atoms with E-state index in [1.807, 2.05) is 12.1 Å². The third-order valence-electron chi connectivity index (χ3n) is 12.9. The van der Waals surface area contributed by atoms with Crippen LogP contribution in [0.5, 0.6) is 0 Å². The van der Waals surface area contributed by atoms with Gasteiger partial charge in [0.05, 0.1) is 17.6 Å². The fourth-order valence-electron chi connectivity index (χ4n) is 9.35. The molecule has 4 heterocycles. The minimum absolute atomic E-state index is 0.0404.